The van der Waals surface area contributed by atoms with Crippen molar-refractivity contribution in [2.45, 2.75) is 64.2 Å². The van der Waals surface area contributed by atoms with Gasteiger partial charge in [-0.1, -0.05) is 6.07 Å². The Morgan fingerprint density at radius 2 is 1.69 bits per heavy atom. The van der Waals surface area contributed by atoms with Gasteiger partial charge in [0.25, 0.3) is 0 Å². The van der Waals surface area contributed by atoms with Crippen molar-refractivity contribution >= 4 is 21.7 Å². The third-order valence-corrected chi connectivity index (χ3v) is 8.15. The van der Waals surface area contributed by atoms with E-state index in [-0.39, 0.29) is 5.75 Å². The second kappa shape index (κ2) is 8.64. The van der Waals surface area contributed by atoms with Crippen molar-refractivity contribution in [1.82, 2.24) is 9.62 Å². The lowest BCUT2D eigenvalue weighted by molar-refractivity contribution is 0.212. The molecule has 1 saturated heterocycles. The van der Waals surface area contributed by atoms with Gasteiger partial charge >= 0.3 is 6.03 Å². The van der Waals surface area contributed by atoms with Crippen molar-refractivity contribution < 1.29 is 13.2 Å². The molecule has 1 aromatic rings. The molecule has 1 aromatic carbocycles. The first-order valence-corrected chi connectivity index (χ1v) is 12.7. The Hall–Kier alpha value is -1.60. The first-order chi connectivity index (χ1) is 13.9. The van der Waals surface area contributed by atoms with E-state index in [0.717, 1.165) is 76.6 Å². The maximum atomic E-state index is 12.5. The Kier molecular flexibility index (Phi) is 6.16. The van der Waals surface area contributed by atoms with Crippen LogP contribution in [0.15, 0.2) is 6.07 Å². The third kappa shape index (κ3) is 4.94. The maximum absolute atomic E-state index is 12.5. The Labute approximate surface area is 174 Å². The molecule has 1 fully saturated rings. The largest absolute Gasteiger partial charge is 0.332 e. The number of hydrogen-bond acceptors (Lipinski definition) is 4. The normalized spacial score (nSPS) is 19.8. The molecule has 0 radical (unpaired) electrons. The number of hydrogen-bond donors (Lipinski definition) is 2. The van der Waals surface area contributed by atoms with Gasteiger partial charge in [0.05, 0.1) is 5.75 Å². The molecule has 0 bridgehead atoms. The summed E-state index contributed by atoms with van der Waals surface area (Å²) in [5.74, 6) is 0.613. The fourth-order valence-corrected chi connectivity index (χ4v) is 6.19. The highest BCUT2D eigenvalue weighted by Crippen LogP contribution is 2.38. The quantitative estimate of drug-likeness (QED) is 0.742. The number of piperidine rings is 1. The van der Waals surface area contributed by atoms with Crippen LogP contribution >= 0.6 is 0 Å². The van der Waals surface area contributed by atoms with Gasteiger partial charge in [-0.15, -0.1) is 0 Å². The van der Waals surface area contributed by atoms with Crippen molar-refractivity contribution in [3.8, 4) is 0 Å². The number of benzene rings is 1. The van der Waals surface area contributed by atoms with Gasteiger partial charge in [0.1, 0.15) is 0 Å². The highest BCUT2D eigenvalue weighted by Gasteiger charge is 2.26. The number of anilines is 1. The SMILES string of the molecule is CN1CCC(CCCS(=O)(=O)NC(=O)Nc2c3c(cc4c2CCC4)CCC3)CC1. The number of nitrogens with one attached hydrogen (secondary N) is 2. The zero-order valence-corrected chi connectivity index (χ0v) is 18.2. The van der Waals surface area contributed by atoms with Crippen LogP contribution in [0.5, 0.6) is 0 Å². The number of carbonyl (C=O) groups is 1. The number of nitrogens with zero attached hydrogens (tertiary/aromatic N) is 1. The smallest absolute Gasteiger partial charge is 0.307 e. The van der Waals surface area contributed by atoms with Gasteiger partial charge in [0.2, 0.25) is 10.0 Å². The number of fused-ring (bicyclic) bond motifs is 2. The van der Waals surface area contributed by atoms with Crippen molar-refractivity contribution in [3.05, 3.63) is 28.3 Å². The van der Waals surface area contributed by atoms with Crippen LogP contribution in [0.4, 0.5) is 10.5 Å². The lowest BCUT2D eigenvalue weighted by Gasteiger charge is -2.28. The zero-order valence-electron chi connectivity index (χ0n) is 17.4. The molecule has 3 aliphatic rings. The van der Waals surface area contributed by atoms with Crippen LogP contribution in [-0.4, -0.2) is 45.2 Å². The van der Waals surface area contributed by atoms with Crippen LogP contribution in [0.1, 0.15) is 60.8 Å². The van der Waals surface area contributed by atoms with E-state index in [4.69, 9.17) is 0 Å². The van der Waals surface area contributed by atoms with Gasteiger partial charge in [-0.2, -0.15) is 0 Å². The molecule has 0 aromatic heterocycles. The summed E-state index contributed by atoms with van der Waals surface area (Å²) in [7, 11) is -1.49. The van der Waals surface area contributed by atoms with Gasteiger partial charge in [-0.25, -0.2) is 17.9 Å². The van der Waals surface area contributed by atoms with E-state index in [2.05, 4.69) is 28.1 Å². The summed E-state index contributed by atoms with van der Waals surface area (Å²) in [6.45, 7) is 2.17. The molecule has 2 aliphatic carbocycles. The minimum Gasteiger partial charge on any atom is -0.307 e. The van der Waals surface area contributed by atoms with Crippen LogP contribution in [0, 0.1) is 5.92 Å². The molecular weight excluding hydrogens is 386 g/mol. The third-order valence-electron chi connectivity index (χ3n) is 6.82. The van der Waals surface area contributed by atoms with Gasteiger partial charge in [0.15, 0.2) is 0 Å². The molecule has 0 unspecified atom stereocenters. The molecule has 7 heteroatoms. The number of aryl methyl sites for hydroxylation is 2. The Morgan fingerprint density at radius 1 is 1.07 bits per heavy atom. The number of sulfonamides is 1. The second-order valence-corrected chi connectivity index (χ2v) is 10.8. The standard InChI is InChI=1S/C22H33N3O3S/c1-25-12-10-16(11-13-25)5-4-14-29(27,28)24-22(26)23-21-19-8-2-6-17(19)15-18-7-3-9-20(18)21/h15-16H,2-14H2,1H3,(H2,23,24,26). The minimum absolute atomic E-state index is 0.0117. The van der Waals surface area contributed by atoms with Crippen molar-refractivity contribution in [2.24, 2.45) is 5.92 Å². The predicted octanol–water partition coefficient (Wildman–Crippen LogP) is 3.24. The van der Waals surface area contributed by atoms with E-state index in [1.807, 2.05) is 0 Å². The molecule has 2 N–H and O–H groups in total. The molecule has 1 heterocycles. The van der Waals surface area contributed by atoms with Gasteiger partial charge in [0, 0.05) is 5.69 Å². The number of carbonyl (C=O) groups excluding carboxylic acids is 1. The number of rotatable bonds is 6. The summed E-state index contributed by atoms with van der Waals surface area (Å²) >= 11 is 0. The van der Waals surface area contributed by atoms with Crippen LogP contribution < -0.4 is 10.0 Å². The first kappa shape index (κ1) is 20.7. The van der Waals surface area contributed by atoms with Crippen molar-refractivity contribution in [2.75, 3.05) is 31.2 Å². The maximum Gasteiger partial charge on any atom is 0.332 e. The van der Waals surface area contributed by atoms with Crippen LogP contribution in [0.25, 0.3) is 0 Å². The summed E-state index contributed by atoms with van der Waals surface area (Å²) in [6.07, 6.45) is 10.0. The fraction of sp³-hybridized carbons (Fsp3) is 0.682. The molecule has 160 valence electrons. The van der Waals surface area contributed by atoms with E-state index < -0.39 is 16.1 Å². The highest BCUT2D eigenvalue weighted by molar-refractivity contribution is 7.90. The van der Waals surface area contributed by atoms with E-state index in [0.29, 0.717) is 12.3 Å². The average Bonchev–Trinajstić information content (AvgIpc) is 3.31. The summed E-state index contributed by atoms with van der Waals surface area (Å²) in [5.41, 5.74) is 5.94. The summed E-state index contributed by atoms with van der Waals surface area (Å²) in [4.78, 5) is 14.8. The first-order valence-electron chi connectivity index (χ1n) is 11.1. The van der Waals surface area contributed by atoms with Gasteiger partial charge in [-0.3, -0.25) is 0 Å². The van der Waals surface area contributed by atoms with Crippen LogP contribution in [-0.2, 0) is 35.7 Å². The van der Waals surface area contributed by atoms with Crippen LogP contribution in [0.3, 0.4) is 0 Å². The molecule has 6 nitrogen and oxygen atoms in total. The summed E-state index contributed by atoms with van der Waals surface area (Å²) in [6, 6.07) is 1.69. The lowest BCUT2D eigenvalue weighted by Crippen LogP contribution is -2.36. The Balaban J connectivity index is 1.33. The Morgan fingerprint density at radius 3 is 2.31 bits per heavy atom. The molecule has 4 rings (SSSR count). The predicted molar refractivity (Wildman–Crippen MR) is 116 cm³/mol. The Bertz CT molecular complexity index is 842. The topological polar surface area (TPSA) is 78.5 Å². The van der Waals surface area contributed by atoms with Crippen molar-refractivity contribution in [3.63, 3.8) is 0 Å². The number of amides is 2. The summed E-state index contributed by atoms with van der Waals surface area (Å²) in [5, 5.41) is 2.91. The van der Waals surface area contributed by atoms with E-state index in [1.165, 1.54) is 22.3 Å². The molecular formula is C22H33N3O3S. The second-order valence-electron chi connectivity index (χ2n) is 9.00. The van der Waals surface area contributed by atoms with Gasteiger partial charge < -0.3 is 10.2 Å². The minimum atomic E-state index is -3.61. The van der Waals surface area contributed by atoms with Crippen LogP contribution in [0.2, 0.25) is 0 Å². The molecule has 29 heavy (non-hydrogen) atoms. The highest BCUT2D eigenvalue weighted by atomic mass is 32.2. The molecule has 0 spiro atoms. The van der Waals surface area contributed by atoms with E-state index in [1.54, 1.807) is 0 Å². The molecule has 1 aliphatic heterocycles. The van der Waals surface area contributed by atoms with E-state index in [9.17, 15) is 13.2 Å². The lowest BCUT2D eigenvalue weighted by atomic mass is 9.93. The molecule has 2 amide bonds. The van der Waals surface area contributed by atoms with Gasteiger partial charge in [-0.05, 0) is 113 Å². The molecule has 0 saturated carbocycles. The zero-order chi connectivity index (χ0) is 20.4. The number of likely N-dealkylation sites (tertiary alicyclic amines) is 1. The fourth-order valence-electron chi connectivity index (χ4n) is 5.21. The molecule has 0 atom stereocenters. The number of urea groups is 1. The average molecular weight is 420 g/mol. The monoisotopic (exact) mass is 419 g/mol. The summed E-state index contributed by atoms with van der Waals surface area (Å²) < 4.78 is 27.1. The van der Waals surface area contributed by atoms with E-state index >= 15 is 0 Å². The van der Waals surface area contributed by atoms with Crippen molar-refractivity contribution in [1.29, 1.82) is 0 Å².